The van der Waals surface area contributed by atoms with Gasteiger partial charge in [0.2, 0.25) is 0 Å². The molecule has 20 heavy (non-hydrogen) atoms. The number of hydrogen-bond acceptors (Lipinski definition) is 5. The molecule has 2 aromatic rings. The second-order valence-electron chi connectivity index (χ2n) is 4.89. The molecule has 1 fully saturated rings. The number of carboxylic acids is 1. The van der Waals surface area contributed by atoms with Gasteiger partial charge in [-0.2, -0.15) is 0 Å². The summed E-state index contributed by atoms with van der Waals surface area (Å²) >= 11 is 1.52. The minimum Gasteiger partial charge on any atom is -0.481 e. The summed E-state index contributed by atoms with van der Waals surface area (Å²) in [6.45, 7) is 1.58. The number of nitrogens with zero attached hydrogens (tertiary/aromatic N) is 3. The smallest absolute Gasteiger partial charge is 0.306 e. The third kappa shape index (κ3) is 2.65. The molecule has 2 heterocycles. The molecule has 1 aliphatic rings. The molecule has 6 heteroatoms. The zero-order chi connectivity index (χ0) is 13.9. The van der Waals surface area contributed by atoms with Crippen molar-refractivity contribution in [1.29, 1.82) is 0 Å². The summed E-state index contributed by atoms with van der Waals surface area (Å²) in [7, 11) is 0. The number of aliphatic carboxylic acids is 1. The first-order valence-electron chi connectivity index (χ1n) is 6.58. The number of carbonyl (C=O) groups is 1. The van der Waals surface area contributed by atoms with Crippen LogP contribution in [0.25, 0.3) is 10.6 Å². The fourth-order valence-electron chi connectivity index (χ4n) is 2.52. The lowest BCUT2D eigenvalue weighted by Gasteiger charge is -2.32. The molecule has 1 saturated heterocycles. The Labute approximate surface area is 120 Å². The first-order chi connectivity index (χ1) is 9.74. The number of piperidine rings is 1. The van der Waals surface area contributed by atoms with Crippen molar-refractivity contribution in [2.75, 3.05) is 18.0 Å². The van der Waals surface area contributed by atoms with E-state index >= 15 is 0 Å². The minimum atomic E-state index is -0.674. The van der Waals surface area contributed by atoms with Gasteiger partial charge in [-0.25, -0.2) is 0 Å². The monoisotopic (exact) mass is 289 g/mol. The predicted molar refractivity (Wildman–Crippen MR) is 77.9 cm³/mol. The van der Waals surface area contributed by atoms with Crippen molar-refractivity contribution in [3.05, 3.63) is 29.8 Å². The van der Waals surface area contributed by atoms with Crippen molar-refractivity contribution < 1.29 is 9.90 Å². The molecular weight excluding hydrogens is 274 g/mol. The normalized spacial score (nSPS) is 16.3. The van der Waals surface area contributed by atoms with E-state index in [0.29, 0.717) is 12.8 Å². The molecule has 0 atom stereocenters. The van der Waals surface area contributed by atoms with Gasteiger partial charge in [0.25, 0.3) is 0 Å². The lowest BCUT2D eigenvalue weighted by atomic mass is 9.96. The van der Waals surface area contributed by atoms with Crippen LogP contribution in [-0.4, -0.2) is 34.4 Å². The van der Waals surface area contributed by atoms with Crippen LogP contribution in [-0.2, 0) is 4.79 Å². The minimum absolute atomic E-state index is 0.197. The van der Waals surface area contributed by atoms with Crippen LogP contribution in [0.4, 0.5) is 5.69 Å². The second-order valence-corrected chi connectivity index (χ2v) is 5.73. The molecule has 1 aromatic carbocycles. The number of rotatable bonds is 3. The maximum atomic E-state index is 11.0. The zero-order valence-electron chi connectivity index (χ0n) is 10.9. The topological polar surface area (TPSA) is 66.3 Å². The molecule has 0 radical (unpaired) electrons. The third-order valence-electron chi connectivity index (χ3n) is 3.66. The van der Waals surface area contributed by atoms with Crippen LogP contribution in [0.5, 0.6) is 0 Å². The number of aromatic nitrogens is 2. The first-order valence-corrected chi connectivity index (χ1v) is 7.46. The van der Waals surface area contributed by atoms with Gasteiger partial charge < -0.3 is 10.0 Å². The van der Waals surface area contributed by atoms with E-state index in [0.717, 1.165) is 29.3 Å². The molecule has 1 N–H and O–H groups in total. The average Bonchev–Trinajstić information content (AvgIpc) is 3.02. The van der Waals surface area contributed by atoms with Crippen molar-refractivity contribution in [3.63, 3.8) is 0 Å². The Morgan fingerprint density at radius 2 is 2.15 bits per heavy atom. The zero-order valence-corrected chi connectivity index (χ0v) is 11.7. The van der Waals surface area contributed by atoms with E-state index in [1.807, 2.05) is 12.1 Å². The molecule has 3 rings (SSSR count). The SMILES string of the molecule is O=C(O)C1CCN(c2cccc(-c3nncs3)c2)CC1. The van der Waals surface area contributed by atoms with Crippen molar-refractivity contribution in [3.8, 4) is 10.6 Å². The van der Waals surface area contributed by atoms with Crippen LogP contribution in [0.1, 0.15) is 12.8 Å². The summed E-state index contributed by atoms with van der Waals surface area (Å²) in [5.74, 6) is -0.871. The molecule has 104 valence electrons. The second kappa shape index (κ2) is 5.58. The molecule has 5 nitrogen and oxygen atoms in total. The molecule has 0 amide bonds. The van der Waals surface area contributed by atoms with E-state index in [2.05, 4.69) is 27.2 Å². The Morgan fingerprint density at radius 3 is 2.80 bits per heavy atom. The highest BCUT2D eigenvalue weighted by molar-refractivity contribution is 7.12. The predicted octanol–water partition coefficient (Wildman–Crippen LogP) is 2.51. The molecule has 0 bridgehead atoms. The highest BCUT2D eigenvalue weighted by Crippen LogP contribution is 2.28. The first kappa shape index (κ1) is 13.1. The molecule has 0 aliphatic carbocycles. The van der Waals surface area contributed by atoms with Gasteiger partial charge in [-0.3, -0.25) is 4.79 Å². The van der Waals surface area contributed by atoms with E-state index in [4.69, 9.17) is 5.11 Å². The summed E-state index contributed by atoms with van der Waals surface area (Å²) in [6.07, 6.45) is 1.41. The number of anilines is 1. The Hall–Kier alpha value is -1.95. The van der Waals surface area contributed by atoms with Crippen LogP contribution >= 0.6 is 11.3 Å². The largest absolute Gasteiger partial charge is 0.481 e. The van der Waals surface area contributed by atoms with Gasteiger partial charge in [-0.15, -0.1) is 10.2 Å². The Bertz CT molecular complexity index is 592. The molecule has 0 spiro atoms. The highest BCUT2D eigenvalue weighted by atomic mass is 32.1. The van der Waals surface area contributed by atoms with Gasteiger partial charge in [-0.05, 0) is 25.0 Å². The van der Waals surface area contributed by atoms with Gasteiger partial charge in [0.1, 0.15) is 10.5 Å². The van der Waals surface area contributed by atoms with Crippen LogP contribution in [0.15, 0.2) is 29.8 Å². The number of benzene rings is 1. The Balaban J connectivity index is 1.75. The van der Waals surface area contributed by atoms with Crippen molar-refractivity contribution in [2.24, 2.45) is 5.92 Å². The fraction of sp³-hybridized carbons (Fsp3) is 0.357. The third-order valence-corrected chi connectivity index (χ3v) is 4.40. The van der Waals surface area contributed by atoms with Gasteiger partial charge >= 0.3 is 5.97 Å². The highest BCUT2D eigenvalue weighted by Gasteiger charge is 2.24. The maximum Gasteiger partial charge on any atom is 0.306 e. The summed E-state index contributed by atoms with van der Waals surface area (Å²) in [4.78, 5) is 13.2. The molecule has 1 aliphatic heterocycles. The molecular formula is C14H15N3O2S. The Kier molecular flexibility index (Phi) is 3.64. The summed E-state index contributed by atoms with van der Waals surface area (Å²) in [5, 5.41) is 17.9. The fourth-order valence-corrected chi connectivity index (χ4v) is 3.07. The van der Waals surface area contributed by atoms with Gasteiger partial charge in [0, 0.05) is 24.3 Å². The van der Waals surface area contributed by atoms with E-state index in [1.54, 1.807) is 5.51 Å². The maximum absolute atomic E-state index is 11.0. The van der Waals surface area contributed by atoms with Crippen molar-refractivity contribution >= 4 is 23.0 Å². The van der Waals surface area contributed by atoms with Crippen molar-refractivity contribution in [1.82, 2.24) is 10.2 Å². The quantitative estimate of drug-likeness (QED) is 0.940. The molecule has 0 unspecified atom stereocenters. The summed E-state index contributed by atoms with van der Waals surface area (Å²) in [6, 6.07) is 8.19. The van der Waals surface area contributed by atoms with E-state index in [-0.39, 0.29) is 5.92 Å². The van der Waals surface area contributed by atoms with Gasteiger partial charge in [0.15, 0.2) is 0 Å². The number of carboxylic acid groups (broad SMARTS) is 1. The van der Waals surface area contributed by atoms with E-state index in [1.165, 1.54) is 11.3 Å². The number of hydrogen-bond donors (Lipinski definition) is 1. The van der Waals surface area contributed by atoms with Crippen molar-refractivity contribution in [2.45, 2.75) is 12.8 Å². The lowest BCUT2D eigenvalue weighted by molar-refractivity contribution is -0.142. The van der Waals surface area contributed by atoms with Crippen LogP contribution in [0, 0.1) is 5.92 Å². The van der Waals surface area contributed by atoms with Crippen LogP contribution in [0.2, 0.25) is 0 Å². The average molecular weight is 289 g/mol. The molecule has 1 aromatic heterocycles. The Morgan fingerprint density at radius 1 is 1.35 bits per heavy atom. The van der Waals surface area contributed by atoms with Crippen LogP contribution in [0.3, 0.4) is 0 Å². The summed E-state index contributed by atoms with van der Waals surface area (Å²) < 4.78 is 0. The van der Waals surface area contributed by atoms with Gasteiger partial charge in [0.05, 0.1) is 5.92 Å². The van der Waals surface area contributed by atoms with Crippen LogP contribution < -0.4 is 4.90 Å². The van der Waals surface area contributed by atoms with E-state index < -0.39 is 5.97 Å². The van der Waals surface area contributed by atoms with Gasteiger partial charge in [-0.1, -0.05) is 23.5 Å². The summed E-state index contributed by atoms with van der Waals surface area (Å²) in [5.41, 5.74) is 3.91. The molecule has 0 saturated carbocycles. The lowest BCUT2D eigenvalue weighted by Crippen LogP contribution is -2.36. The van der Waals surface area contributed by atoms with E-state index in [9.17, 15) is 4.79 Å². The standard InChI is InChI=1S/C14H15N3O2S/c18-14(19)10-4-6-17(7-5-10)12-3-1-2-11(8-12)13-16-15-9-20-13/h1-3,8-10H,4-7H2,(H,18,19).